The van der Waals surface area contributed by atoms with Crippen LogP contribution in [0.3, 0.4) is 0 Å². The van der Waals surface area contributed by atoms with E-state index in [1.807, 2.05) is 38.1 Å². The standard InChI is InChI=1S/C16H20N2O2S/c1-10(2)13-7-5-6-8-14(13)20-9-15(19)18-16-17-11(3)12(4)21-16/h5-8,10H,9H2,1-4H3,(H,17,18,19). The highest BCUT2D eigenvalue weighted by Gasteiger charge is 2.11. The van der Waals surface area contributed by atoms with Gasteiger partial charge in [0.15, 0.2) is 11.7 Å². The van der Waals surface area contributed by atoms with Crippen molar-refractivity contribution in [3.8, 4) is 5.75 Å². The second-order valence-corrected chi connectivity index (χ2v) is 6.39. The number of carbonyl (C=O) groups is 1. The first-order valence-corrected chi connectivity index (χ1v) is 7.74. The molecule has 0 bridgehead atoms. The molecule has 0 fully saturated rings. The molecule has 2 aromatic rings. The largest absolute Gasteiger partial charge is 0.483 e. The van der Waals surface area contributed by atoms with Crippen LogP contribution in [-0.2, 0) is 4.79 Å². The highest BCUT2D eigenvalue weighted by atomic mass is 32.1. The third kappa shape index (κ3) is 4.04. The summed E-state index contributed by atoms with van der Waals surface area (Å²) in [4.78, 5) is 17.3. The van der Waals surface area contributed by atoms with E-state index in [4.69, 9.17) is 4.74 Å². The number of carbonyl (C=O) groups excluding carboxylic acids is 1. The molecule has 4 nitrogen and oxygen atoms in total. The van der Waals surface area contributed by atoms with Gasteiger partial charge >= 0.3 is 0 Å². The Kier molecular flexibility index (Phi) is 4.96. The van der Waals surface area contributed by atoms with Gasteiger partial charge in [0.25, 0.3) is 5.91 Å². The number of anilines is 1. The molecule has 21 heavy (non-hydrogen) atoms. The van der Waals surface area contributed by atoms with Crippen molar-refractivity contribution >= 4 is 22.4 Å². The van der Waals surface area contributed by atoms with Gasteiger partial charge < -0.3 is 4.74 Å². The number of ether oxygens (including phenoxy) is 1. The molecule has 0 aliphatic carbocycles. The minimum absolute atomic E-state index is 0.0125. The maximum Gasteiger partial charge on any atom is 0.264 e. The molecule has 0 saturated carbocycles. The molecule has 0 saturated heterocycles. The van der Waals surface area contributed by atoms with Gasteiger partial charge in [-0.05, 0) is 31.4 Å². The zero-order valence-corrected chi connectivity index (χ0v) is 13.6. The van der Waals surface area contributed by atoms with Crippen LogP contribution in [0.1, 0.15) is 35.9 Å². The predicted molar refractivity (Wildman–Crippen MR) is 86.2 cm³/mol. The van der Waals surface area contributed by atoms with Gasteiger partial charge in [-0.15, -0.1) is 11.3 Å². The van der Waals surface area contributed by atoms with Crippen LogP contribution < -0.4 is 10.1 Å². The molecule has 1 N–H and O–H groups in total. The van der Waals surface area contributed by atoms with Gasteiger partial charge in [0.2, 0.25) is 0 Å². The van der Waals surface area contributed by atoms with Crippen LogP contribution in [0.15, 0.2) is 24.3 Å². The van der Waals surface area contributed by atoms with E-state index >= 15 is 0 Å². The molecule has 0 spiro atoms. The first-order chi connectivity index (χ1) is 9.97. The van der Waals surface area contributed by atoms with Gasteiger partial charge in [0, 0.05) is 4.88 Å². The third-order valence-electron chi connectivity index (χ3n) is 3.17. The summed E-state index contributed by atoms with van der Waals surface area (Å²) in [7, 11) is 0. The second-order valence-electron chi connectivity index (χ2n) is 5.19. The zero-order chi connectivity index (χ0) is 15.4. The smallest absolute Gasteiger partial charge is 0.264 e. The average molecular weight is 304 g/mol. The van der Waals surface area contributed by atoms with E-state index in [-0.39, 0.29) is 12.5 Å². The van der Waals surface area contributed by atoms with Gasteiger partial charge in [0.05, 0.1) is 5.69 Å². The molecule has 0 aliphatic heterocycles. The molecular weight excluding hydrogens is 284 g/mol. The minimum Gasteiger partial charge on any atom is -0.483 e. The number of benzene rings is 1. The summed E-state index contributed by atoms with van der Waals surface area (Å²) in [6.45, 7) is 8.10. The first-order valence-electron chi connectivity index (χ1n) is 6.93. The molecule has 1 heterocycles. The molecule has 0 unspecified atom stereocenters. The van der Waals surface area contributed by atoms with Gasteiger partial charge in [-0.2, -0.15) is 0 Å². The number of amides is 1. The fourth-order valence-electron chi connectivity index (χ4n) is 1.91. The van der Waals surface area contributed by atoms with Crippen molar-refractivity contribution < 1.29 is 9.53 Å². The maximum absolute atomic E-state index is 11.9. The summed E-state index contributed by atoms with van der Waals surface area (Å²) in [5.41, 5.74) is 2.05. The van der Waals surface area contributed by atoms with Crippen molar-refractivity contribution in [1.82, 2.24) is 4.98 Å². The van der Waals surface area contributed by atoms with Crippen LogP contribution >= 0.6 is 11.3 Å². The number of rotatable bonds is 5. The summed E-state index contributed by atoms with van der Waals surface area (Å²) >= 11 is 1.47. The Morgan fingerprint density at radius 1 is 1.33 bits per heavy atom. The average Bonchev–Trinajstić information content (AvgIpc) is 2.75. The molecule has 1 amide bonds. The predicted octanol–water partition coefficient (Wildman–Crippen LogP) is 3.90. The quantitative estimate of drug-likeness (QED) is 0.911. The number of nitrogens with zero attached hydrogens (tertiary/aromatic N) is 1. The second kappa shape index (κ2) is 6.72. The maximum atomic E-state index is 11.9. The van der Waals surface area contributed by atoms with Gasteiger partial charge in [-0.1, -0.05) is 32.0 Å². The van der Waals surface area contributed by atoms with Crippen molar-refractivity contribution in [2.24, 2.45) is 0 Å². The Morgan fingerprint density at radius 3 is 2.67 bits per heavy atom. The van der Waals surface area contributed by atoms with Crippen molar-refractivity contribution in [2.75, 3.05) is 11.9 Å². The number of aromatic nitrogens is 1. The Morgan fingerprint density at radius 2 is 2.05 bits per heavy atom. The van der Waals surface area contributed by atoms with Gasteiger partial charge in [0.1, 0.15) is 5.75 Å². The number of hydrogen-bond acceptors (Lipinski definition) is 4. The fourth-order valence-corrected chi connectivity index (χ4v) is 2.74. The molecule has 2 rings (SSSR count). The number of nitrogens with one attached hydrogen (secondary N) is 1. The Hall–Kier alpha value is -1.88. The van der Waals surface area contributed by atoms with Crippen molar-refractivity contribution in [3.05, 3.63) is 40.4 Å². The zero-order valence-electron chi connectivity index (χ0n) is 12.8. The minimum atomic E-state index is -0.192. The van der Waals surface area contributed by atoms with Crippen LogP contribution in [0.5, 0.6) is 5.75 Å². The van der Waals surface area contributed by atoms with E-state index in [0.29, 0.717) is 11.0 Å². The van der Waals surface area contributed by atoms with E-state index in [1.165, 1.54) is 11.3 Å². The third-order valence-corrected chi connectivity index (χ3v) is 4.16. The lowest BCUT2D eigenvalue weighted by molar-refractivity contribution is -0.118. The monoisotopic (exact) mass is 304 g/mol. The summed E-state index contributed by atoms with van der Waals surface area (Å²) < 4.78 is 5.63. The number of thiazole rings is 1. The van der Waals surface area contributed by atoms with Crippen LogP contribution in [0.25, 0.3) is 0 Å². The lowest BCUT2D eigenvalue weighted by Gasteiger charge is -2.13. The Balaban J connectivity index is 1.95. The van der Waals surface area contributed by atoms with E-state index < -0.39 is 0 Å². The Bertz CT molecular complexity index is 615. The van der Waals surface area contributed by atoms with E-state index in [0.717, 1.165) is 21.9 Å². The molecule has 112 valence electrons. The number of aryl methyl sites for hydroxylation is 2. The number of para-hydroxylation sites is 1. The summed E-state index contributed by atoms with van der Waals surface area (Å²) in [5, 5.41) is 3.39. The summed E-state index contributed by atoms with van der Waals surface area (Å²) in [5.74, 6) is 0.921. The van der Waals surface area contributed by atoms with Crippen LogP contribution in [0.2, 0.25) is 0 Å². The first kappa shape index (κ1) is 15.5. The molecular formula is C16H20N2O2S. The van der Waals surface area contributed by atoms with E-state index in [9.17, 15) is 4.79 Å². The molecule has 1 aromatic heterocycles. The van der Waals surface area contributed by atoms with Crippen molar-refractivity contribution in [2.45, 2.75) is 33.6 Å². The topological polar surface area (TPSA) is 51.2 Å². The summed E-state index contributed by atoms with van der Waals surface area (Å²) in [6.07, 6.45) is 0. The SMILES string of the molecule is Cc1nc(NC(=O)COc2ccccc2C(C)C)sc1C. The molecule has 0 atom stereocenters. The van der Waals surface area contributed by atoms with Crippen LogP contribution in [-0.4, -0.2) is 17.5 Å². The van der Waals surface area contributed by atoms with E-state index in [2.05, 4.69) is 24.1 Å². The van der Waals surface area contributed by atoms with Crippen LogP contribution in [0.4, 0.5) is 5.13 Å². The number of hydrogen-bond donors (Lipinski definition) is 1. The van der Waals surface area contributed by atoms with Gasteiger partial charge in [-0.25, -0.2) is 4.98 Å². The lowest BCUT2D eigenvalue weighted by atomic mass is 10.0. The van der Waals surface area contributed by atoms with Crippen molar-refractivity contribution in [1.29, 1.82) is 0 Å². The normalized spacial score (nSPS) is 10.7. The highest BCUT2D eigenvalue weighted by Crippen LogP contribution is 2.26. The lowest BCUT2D eigenvalue weighted by Crippen LogP contribution is -2.20. The highest BCUT2D eigenvalue weighted by molar-refractivity contribution is 7.15. The fraction of sp³-hybridized carbons (Fsp3) is 0.375. The molecule has 0 aliphatic rings. The summed E-state index contributed by atoms with van der Waals surface area (Å²) in [6, 6.07) is 7.79. The van der Waals surface area contributed by atoms with Gasteiger partial charge in [-0.3, -0.25) is 10.1 Å². The van der Waals surface area contributed by atoms with Crippen LogP contribution in [0, 0.1) is 13.8 Å². The Labute approximate surface area is 129 Å². The molecule has 0 radical (unpaired) electrons. The molecule has 5 heteroatoms. The molecule has 1 aromatic carbocycles. The van der Waals surface area contributed by atoms with E-state index in [1.54, 1.807) is 0 Å². The van der Waals surface area contributed by atoms with Crippen molar-refractivity contribution in [3.63, 3.8) is 0 Å².